The van der Waals surface area contributed by atoms with Crippen LogP contribution in [-0.4, -0.2) is 51.6 Å². The van der Waals surface area contributed by atoms with E-state index in [4.69, 9.17) is 18.0 Å². The molecular weight excluding hydrogens is 516 g/mol. The maximum absolute atomic E-state index is 14.4. The zero-order valence-electron chi connectivity index (χ0n) is 25.2. The van der Waals surface area contributed by atoms with Crippen LogP contribution in [0.25, 0.3) is 4.85 Å². The van der Waals surface area contributed by atoms with Gasteiger partial charge in [0.15, 0.2) is 5.78 Å². The minimum Gasteiger partial charge on any atom is -0.481 e. The minimum atomic E-state index is -1.15. The molecular formula is C34H45N2O5+. The molecule has 0 amide bonds. The van der Waals surface area contributed by atoms with Crippen molar-refractivity contribution in [2.75, 3.05) is 0 Å². The van der Waals surface area contributed by atoms with Crippen molar-refractivity contribution in [3.05, 3.63) is 28.6 Å². The van der Waals surface area contributed by atoms with Crippen LogP contribution in [0.5, 0.6) is 0 Å². The van der Waals surface area contributed by atoms with Crippen molar-refractivity contribution in [2.45, 2.75) is 103 Å². The number of carbonyl (C=O) groups is 3. The van der Waals surface area contributed by atoms with E-state index in [0.29, 0.717) is 37.7 Å². The van der Waals surface area contributed by atoms with E-state index in [0.717, 1.165) is 5.57 Å². The van der Waals surface area contributed by atoms with Crippen LogP contribution >= 0.6 is 0 Å². The smallest absolute Gasteiger partial charge is 0.306 e. The number of ketones is 2. The zero-order valence-corrected chi connectivity index (χ0v) is 25.2. The molecule has 220 valence electrons. The number of aliphatic imine (C=N–C) groups is 1. The van der Waals surface area contributed by atoms with E-state index in [-0.39, 0.29) is 42.7 Å². The third-order valence-corrected chi connectivity index (χ3v) is 12.3. The summed E-state index contributed by atoms with van der Waals surface area (Å²) in [6.07, 6.45) is 10.2. The number of terminal acetylenes is 1. The Bertz CT molecular complexity index is 1310. The second-order valence-corrected chi connectivity index (χ2v) is 14.1. The number of aliphatic carboxylic acids is 1. The van der Waals surface area contributed by atoms with Crippen molar-refractivity contribution in [3.63, 3.8) is 0 Å². The number of Topliss-reactive ketones (excluding diaryl/α,β-unsaturated/α-hetero) is 2. The highest BCUT2D eigenvalue weighted by Crippen LogP contribution is 2.69. The van der Waals surface area contributed by atoms with E-state index >= 15 is 0 Å². The van der Waals surface area contributed by atoms with Gasteiger partial charge in [0.1, 0.15) is 11.7 Å². The lowest BCUT2D eigenvalue weighted by atomic mass is 9.44. The second kappa shape index (κ2) is 10.1. The first-order valence-corrected chi connectivity index (χ1v) is 14.8. The van der Waals surface area contributed by atoms with Gasteiger partial charge in [0.2, 0.25) is 0 Å². The largest absolute Gasteiger partial charge is 0.481 e. The summed E-state index contributed by atoms with van der Waals surface area (Å²) in [6.45, 7) is 23.5. The highest BCUT2D eigenvalue weighted by molar-refractivity contribution is 6.01. The van der Waals surface area contributed by atoms with Crippen LogP contribution in [0.1, 0.15) is 86.0 Å². The molecule has 0 saturated heterocycles. The summed E-state index contributed by atoms with van der Waals surface area (Å²) < 4.78 is 0. The van der Waals surface area contributed by atoms with Crippen LogP contribution in [0.3, 0.4) is 0 Å². The summed E-state index contributed by atoms with van der Waals surface area (Å²) in [5.41, 5.74) is -2.68. The molecule has 0 radical (unpaired) electrons. The Labute approximate surface area is 244 Å². The van der Waals surface area contributed by atoms with Gasteiger partial charge in [-0.2, -0.15) is 0 Å². The predicted octanol–water partition coefficient (Wildman–Crippen LogP) is 5.53. The number of hydrogen-bond acceptors (Lipinski definition) is 5. The summed E-state index contributed by atoms with van der Waals surface area (Å²) in [5, 5.41) is 21.4. The van der Waals surface area contributed by atoms with Crippen molar-refractivity contribution in [3.8, 4) is 18.9 Å². The standard InChI is InChI=1S/C34H44N2O5/c1-10-21(12-15-30(4,5)20(3)29(40)41)33(35-8)17-13-23-27-25(38)19-34(36-9)22(11-2)24(37)14-16-31(34,6)28(27)26(39)18-32(23,33)7/h1,9,11,20-23,25,38H,2,8,12-19H2,3-7H3/p+1/t20?,21-,22-,23+,25?,31-,32+,33+,34-/m1/s1. The van der Waals surface area contributed by atoms with Crippen LogP contribution in [0, 0.1) is 58.8 Å². The number of hydrogen-bond donors (Lipinski definition) is 2. The van der Waals surface area contributed by atoms with E-state index < -0.39 is 51.2 Å². The molecule has 7 nitrogen and oxygen atoms in total. The fraction of sp³-hybridized carbons (Fsp3) is 0.676. The van der Waals surface area contributed by atoms with Gasteiger partial charge >= 0.3 is 11.5 Å². The van der Waals surface area contributed by atoms with Crippen molar-refractivity contribution < 1.29 is 24.6 Å². The number of aliphatic hydroxyl groups excluding tert-OH is 1. The zero-order chi connectivity index (χ0) is 30.8. The third-order valence-electron chi connectivity index (χ3n) is 12.3. The highest BCUT2D eigenvalue weighted by Gasteiger charge is 2.75. The van der Waals surface area contributed by atoms with E-state index in [1.165, 1.54) is 0 Å². The number of aliphatic hydroxyl groups is 1. The van der Waals surface area contributed by atoms with E-state index in [9.17, 15) is 24.6 Å². The number of carboxylic acids is 1. The van der Waals surface area contributed by atoms with Gasteiger partial charge in [-0.15, -0.1) is 18.9 Å². The van der Waals surface area contributed by atoms with Crippen molar-refractivity contribution in [1.82, 2.24) is 0 Å². The van der Waals surface area contributed by atoms with Crippen LogP contribution in [0.2, 0.25) is 0 Å². The highest BCUT2D eigenvalue weighted by atomic mass is 16.4. The van der Waals surface area contributed by atoms with Gasteiger partial charge in [0.25, 0.3) is 6.57 Å². The van der Waals surface area contributed by atoms with Crippen LogP contribution in [0.15, 0.2) is 28.8 Å². The Balaban J connectivity index is 1.80. The lowest BCUT2D eigenvalue weighted by Gasteiger charge is -2.56. The summed E-state index contributed by atoms with van der Waals surface area (Å²) in [7, 11) is 0. The van der Waals surface area contributed by atoms with Crippen LogP contribution in [-0.2, 0) is 14.4 Å². The topological polar surface area (TPSA) is 108 Å². The van der Waals surface area contributed by atoms with Gasteiger partial charge < -0.3 is 10.2 Å². The van der Waals surface area contributed by atoms with E-state index in [2.05, 4.69) is 31.0 Å². The summed E-state index contributed by atoms with van der Waals surface area (Å²) in [6, 6.07) is 0. The average Bonchev–Trinajstić information content (AvgIpc) is 3.21. The molecule has 0 bridgehead atoms. The molecule has 0 heterocycles. The fourth-order valence-corrected chi connectivity index (χ4v) is 9.35. The number of rotatable bonds is 8. The van der Waals surface area contributed by atoms with Gasteiger partial charge in [-0.3, -0.25) is 19.4 Å². The molecule has 0 aromatic rings. The van der Waals surface area contributed by atoms with E-state index in [1.54, 1.807) is 13.0 Å². The quantitative estimate of drug-likeness (QED) is 0.230. The first kappa shape index (κ1) is 30.9. The Hall–Kier alpha value is -3.03. The summed E-state index contributed by atoms with van der Waals surface area (Å²) in [5.74, 6) is 0.238. The number of fused-ring (bicyclic) bond motifs is 4. The Morgan fingerprint density at radius 3 is 2.51 bits per heavy atom. The van der Waals surface area contributed by atoms with Gasteiger partial charge in [0, 0.05) is 29.7 Å². The van der Waals surface area contributed by atoms with Gasteiger partial charge in [0.05, 0.1) is 29.4 Å². The molecule has 2 saturated carbocycles. The molecule has 0 aliphatic heterocycles. The molecule has 7 heteroatoms. The maximum atomic E-state index is 14.4. The molecule has 4 aliphatic rings. The van der Waals surface area contributed by atoms with Crippen molar-refractivity contribution in [1.29, 1.82) is 0 Å². The van der Waals surface area contributed by atoms with Gasteiger partial charge in [-0.05, 0) is 62.7 Å². The molecule has 41 heavy (non-hydrogen) atoms. The molecule has 9 atom stereocenters. The average molecular weight is 562 g/mol. The molecule has 4 rings (SSSR count). The summed E-state index contributed by atoms with van der Waals surface area (Å²) >= 11 is 0. The molecule has 0 spiro atoms. The lowest BCUT2D eigenvalue weighted by Crippen LogP contribution is -2.64. The number of carbonyl (C=O) groups excluding carboxylic acids is 2. The molecule has 2 fully saturated rings. The SMILES string of the molecule is C#C[C@H](CCC(C)(C)C(C)C(=O)O)[C@@]1(N=C)CC[C@H]2C3=C(C(=O)C[C@@]21C)[C@@]1(C)CCC(=O)[C@@H](C=C)[C@]1([N+]#C)CC3O. The number of nitrogens with zero attached hydrogens (tertiary/aromatic N) is 2. The van der Waals surface area contributed by atoms with Crippen LogP contribution in [0.4, 0.5) is 0 Å². The van der Waals surface area contributed by atoms with E-state index in [1.807, 2.05) is 20.8 Å². The minimum absolute atomic E-state index is 0.0243. The predicted molar refractivity (Wildman–Crippen MR) is 160 cm³/mol. The Morgan fingerprint density at radius 1 is 1.32 bits per heavy atom. The molecule has 2 N–H and O–H groups in total. The maximum Gasteiger partial charge on any atom is 0.306 e. The normalized spacial score (nSPS) is 39.9. The molecule has 4 aliphatic carbocycles. The van der Waals surface area contributed by atoms with Gasteiger partial charge in [-0.1, -0.05) is 38.6 Å². The monoisotopic (exact) mass is 561 g/mol. The Kier molecular flexibility index (Phi) is 7.58. The van der Waals surface area contributed by atoms with Crippen LogP contribution < -0.4 is 0 Å². The van der Waals surface area contributed by atoms with Crippen molar-refractivity contribution >= 4 is 24.3 Å². The summed E-state index contributed by atoms with van der Waals surface area (Å²) in [4.78, 5) is 48.1. The van der Waals surface area contributed by atoms with Gasteiger partial charge in [-0.25, -0.2) is 0 Å². The molecule has 0 aromatic heterocycles. The second-order valence-electron chi connectivity index (χ2n) is 14.1. The van der Waals surface area contributed by atoms with Crippen molar-refractivity contribution in [2.24, 2.45) is 44.9 Å². The molecule has 2 unspecified atom stereocenters. The molecule has 0 aromatic carbocycles. The first-order chi connectivity index (χ1) is 19.1. The fourth-order valence-electron chi connectivity index (χ4n) is 9.35. The first-order valence-electron chi connectivity index (χ1n) is 14.8. The third kappa shape index (κ3) is 3.95. The number of carboxylic acid groups (broad SMARTS) is 1. The Morgan fingerprint density at radius 2 is 1.98 bits per heavy atom. The lowest BCUT2D eigenvalue weighted by molar-refractivity contribution is -0.145.